The van der Waals surface area contributed by atoms with Gasteiger partial charge in [0.05, 0.1) is 0 Å². The van der Waals surface area contributed by atoms with Gasteiger partial charge >= 0.3 is 85.5 Å². The first-order chi connectivity index (χ1) is 29.7. The molecule has 1 fully saturated rings. The minimum Gasteiger partial charge on any atom is -0.323 e. The number of alkyl halides is 12. The summed E-state index contributed by atoms with van der Waals surface area (Å²) in [7, 11) is -53.4. The van der Waals surface area contributed by atoms with Gasteiger partial charge in [-0.3, -0.25) is 74.2 Å². The number of halogens is 12. The largest absolute Gasteiger partial charge is 0.412 e. The summed E-state index contributed by atoms with van der Waals surface area (Å²) < 4.78 is 276. The fourth-order valence-corrected chi connectivity index (χ4v) is 19.7. The minimum atomic E-state index is -6.68. The second kappa shape index (κ2) is 23.4. The zero-order chi connectivity index (χ0) is 53.9. The Hall–Kier alpha value is 0.200. The molecule has 0 amide bonds. The van der Waals surface area contributed by atoms with Gasteiger partial charge in [0, 0.05) is 52.4 Å². The van der Waals surface area contributed by atoms with Gasteiger partial charge < -0.3 is 58.7 Å². The van der Waals surface area contributed by atoms with Crippen LogP contribution in [0.3, 0.4) is 0 Å². The molecule has 1 aliphatic rings. The van der Waals surface area contributed by atoms with Crippen LogP contribution >= 0.6 is 60.8 Å². The average Bonchev–Trinajstić information content (AvgIpc) is 3.05. The Kier molecular flexibility index (Phi) is 22.8. The van der Waals surface area contributed by atoms with Gasteiger partial charge in [-0.25, -0.2) is 0 Å². The monoisotopic (exact) mass is 1200 g/mol. The summed E-state index contributed by atoms with van der Waals surface area (Å²) in [6, 6.07) is 0. The molecule has 68 heavy (non-hydrogen) atoms. The molecule has 48 heteroatoms. The highest BCUT2D eigenvalue weighted by Gasteiger charge is 2.57. The van der Waals surface area contributed by atoms with Crippen LogP contribution in [0.5, 0.6) is 0 Å². The second-order valence-corrected chi connectivity index (χ2v) is 29.5. The molecule has 0 saturated carbocycles. The Morgan fingerprint density at radius 1 is 0.309 bits per heavy atom. The average molecular weight is 1200 g/mol. The van der Waals surface area contributed by atoms with Gasteiger partial charge in [0.2, 0.25) is 22.1 Å². The van der Waals surface area contributed by atoms with Crippen LogP contribution < -0.4 is 0 Å². The fraction of sp³-hybridized carbons (Fsp3) is 1.00. The minimum absolute atomic E-state index is 0.326. The van der Waals surface area contributed by atoms with E-state index in [0.717, 1.165) is 0 Å². The van der Waals surface area contributed by atoms with Crippen molar-refractivity contribution in [2.75, 3.05) is 78.8 Å². The van der Waals surface area contributed by atoms with E-state index in [-0.39, 0.29) is 19.6 Å². The maximum Gasteiger partial charge on any atom is 0.412 e. The molecule has 0 radical (unpaired) electrons. The standard InChI is InChI=1S/C20H40F12N4O24P8/c21-17(22,23)9-57-65(49,50)13(61(37,38)39)33-1-2-34(14(62(40,41)42)66(51,52)58-10-18(24,25)26)5-6-36(16(64(46,47)48)68(55,56)60-12-20(30,31)32)8-7-35(4-3-33)15(63(43,44)45)67(53,54)59-11-19(27,28)29/h13-16H,1-12H2,(H,49,50)(H,51,52)(H,53,54)(H,55,56)(H2,37,38,39)(H2,40,41,42)(H2,43,44,45)(H2,46,47,48). The first-order valence-corrected chi connectivity index (χ1v) is 30.4. The maximum absolute atomic E-state index is 13.2. The van der Waals surface area contributed by atoms with Crippen LogP contribution in [0.2, 0.25) is 0 Å². The number of nitrogens with zero attached hydrogens (tertiary/aromatic N) is 4. The topological polar surface area (TPSA) is 429 Å². The van der Waals surface area contributed by atoms with E-state index >= 15 is 0 Å². The van der Waals surface area contributed by atoms with E-state index in [2.05, 4.69) is 18.1 Å². The van der Waals surface area contributed by atoms with Gasteiger partial charge in [0.1, 0.15) is 0 Å². The first-order valence-electron chi connectivity index (χ1n) is 17.1. The molecule has 1 heterocycles. The van der Waals surface area contributed by atoms with Crippen LogP contribution in [0.25, 0.3) is 0 Å². The Morgan fingerprint density at radius 2 is 0.426 bits per heavy atom. The summed E-state index contributed by atoms with van der Waals surface area (Å²) in [5.41, 5.74) is -15.2. The number of hydrogen-bond acceptors (Lipinski definition) is 16. The summed E-state index contributed by atoms with van der Waals surface area (Å²) in [5.74, 6) is 0. The Balaban J connectivity index is 4.53. The predicted octanol–water partition coefficient (Wildman–Crippen LogP) is 2.11. The van der Waals surface area contributed by atoms with Crippen molar-refractivity contribution in [2.24, 2.45) is 0 Å². The van der Waals surface area contributed by atoms with Crippen molar-refractivity contribution < 1.29 is 166 Å². The van der Waals surface area contributed by atoms with Gasteiger partial charge in [-0.1, -0.05) is 0 Å². The molecular formula is C20H40F12N4O24P8. The quantitative estimate of drug-likeness (QED) is 0.0613. The lowest BCUT2D eigenvalue weighted by Crippen LogP contribution is -2.53. The van der Waals surface area contributed by atoms with E-state index in [9.17, 15) is 148 Å². The fourth-order valence-electron chi connectivity index (χ4n) is 5.76. The third-order valence-corrected chi connectivity index (χ3v) is 24.5. The van der Waals surface area contributed by atoms with Crippen LogP contribution in [0.15, 0.2) is 0 Å². The van der Waals surface area contributed by atoms with Gasteiger partial charge in [-0.2, -0.15) is 52.7 Å². The lowest BCUT2D eigenvalue weighted by molar-refractivity contribution is -0.155. The molecule has 8 atom stereocenters. The van der Waals surface area contributed by atoms with Crippen LogP contribution in [-0.2, 0) is 54.6 Å². The van der Waals surface area contributed by atoms with Crippen molar-refractivity contribution in [3.63, 3.8) is 0 Å². The zero-order valence-electron chi connectivity index (χ0n) is 33.0. The van der Waals surface area contributed by atoms with Crippen molar-refractivity contribution in [1.82, 2.24) is 19.6 Å². The van der Waals surface area contributed by atoms with E-state index in [0.29, 0.717) is 0 Å². The molecule has 0 aromatic heterocycles. The van der Waals surface area contributed by atoms with E-state index in [1.165, 1.54) is 0 Å². The second-order valence-electron chi connectivity index (χ2n) is 13.7. The van der Waals surface area contributed by atoms with E-state index in [4.69, 9.17) is 0 Å². The highest BCUT2D eigenvalue weighted by atomic mass is 31.3. The first kappa shape index (κ1) is 66.2. The lowest BCUT2D eigenvalue weighted by atomic mass is 10.3. The van der Waals surface area contributed by atoms with Crippen molar-refractivity contribution in [1.29, 1.82) is 0 Å². The molecule has 0 aromatic rings. The van der Waals surface area contributed by atoms with E-state index in [1.54, 1.807) is 0 Å². The molecule has 12 N–H and O–H groups in total. The molecule has 1 aliphatic heterocycles. The van der Waals surface area contributed by atoms with Gasteiger partial charge in [0.15, 0.2) is 26.4 Å². The Labute approximate surface area is 371 Å². The van der Waals surface area contributed by atoms with E-state index in [1.807, 2.05) is 0 Å². The SMILES string of the molecule is O=P(O)(O)C(N1CCN(C(P(=O)(O)O)P(=O)(O)OCC(F)(F)F)CCN(C(P(=O)(O)O)P(=O)(O)OCC(F)(F)F)CCN(C(P(=O)(O)O)P(=O)(O)OCC(F)(F)F)CC1)P(=O)(O)OCC(F)(F)F. The zero-order valence-corrected chi connectivity index (χ0v) is 40.1. The van der Waals surface area contributed by atoms with Crippen molar-refractivity contribution in [3.05, 3.63) is 0 Å². The molecule has 28 nitrogen and oxygen atoms in total. The molecule has 0 bridgehead atoms. The highest BCUT2D eigenvalue weighted by molar-refractivity contribution is 7.72. The van der Waals surface area contributed by atoms with Gasteiger partial charge in [-0.15, -0.1) is 0 Å². The summed E-state index contributed by atoms with van der Waals surface area (Å²) in [4.78, 5) is 122. The smallest absolute Gasteiger partial charge is 0.323 e. The van der Waals surface area contributed by atoms with Crippen LogP contribution in [0.1, 0.15) is 0 Å². The molecule has 1 saturated heterocycles. The summed E-state index contributed by atoms with van der Waals surface area (Å²) >= 11 is 0. The molecule has 8 unspecified atom stereocenters. The van der Waals surface area contributed by atoms with Crippen LogP contribution in [0, 0.1) is 0 Å². The third kappa shape index (κ3) is 22.4. The summed E-state index contributed by atoms with van der Waals surface area (Å²) in [5, 5.41) is 0. The predicted molar refractivity (Wildman–Crippen MR) is 197 cm³/mol. The van der Waals surface area contributed by atoms with Crippen molar-refractivity contribution >= 4 is 60.8 Å². The number of rotatable bonds is 20. The maximum atomic E-state index is 13.2. The summed E-state index contributed by atoms with van der Waals surface area (Å²) in [6.45, 7) is -26.2. The van der Waals surface area contributed by atoms with Gasteiger partial charge in [0.25, 0.3) is 0 Å². The van der Waals surface area contributed by atoms with Crippen molar-refractivity contribution in [2.45, 2.75) is 46.8 Å². The highest BCUT2D eigenvalue weighted by Crippen LogP contribution is 2.68. The lowest BCUT2D eigenvalue weighted by Gasteiger charge is -2.42. The van der Waals surface area contributed by atoms with E-state index < -0.39 is 186 Å². The third-order valence-electron chi connectivity index (χ3n) is 8.03. The van der Waals surface area contributed by atoms with Crippen LogP contribution in [0.4, 0.5) is 52.7 Å². The Bertz CT molecular complexity index is 1790. The summed E-state index contributed by atoms with van der Waals surface area (Å²) in [6.07, 6.45) is -22.5. The normalized spacial score (nSPS) is 23.2. The molecular weight excluding hydrogens is 1160 g/mol. The number of hydrogen-bond donors (Lipinski definition) is 12. The van der Waals surface area contributed by atoms with Crippen molar-refractivity contribution in [3.8, 4) is 0 Å². The molecule has 0 spiro atoms. The van der Waals surface area contributed by atoms with Crippen LogP contribution in [-0.4, -0.2) is 204 Å². The van der Waals surface area contributed by atoms with Gasteiger partial charge in [-0.05, 0) is 0 Å². The molecule has 408 valence electrons. The molecule has 0 aromatic carbocycles. The Morgan fingerprint density at radius 3 is 0.515 bits per heavy atom. The molecule has 1 rings (SSSR count). The molecule has 0 aliphatic carbocycles.